The van der Waals surface area contributed by atoms with Gasteiger partial charge in [0.1, 0.15) is 0 Å². The van der Waals surface area contributed by atoms with Crippen molar-refractivity contribution in [2.45, 2.75) is 13.3 Å². The molecule has 5 rings (SSSR count). The largest absolute Gasteiger partial charge is 0.282 e. The number of aromatic nitrogens is 3. The number of hydrogen-bond acceptors (Lipinski definition) is 2. The Morgan fingerprint density at radius 3 is 2.33 bits per heavy atom. The molecule has 0 saturated heterocycles. The van der Waals surface area contributed by atoms with Crippen LogP contribution in [0.5, 0.6) is 0 Å². The van der Waals surface area contributed by atoms with E-state index in [1.165, 1.54) is 22.1 Å². The van der Waals surface area contributed by atoms with Gasteiger partial charge in [0.25, 0.3) is 0 Å². The van der Waals surface area contributed by atoms with E-state index in [0.29, 0.717) is 0 Å². The van der Waals surface area contributed by atoms with Gasteiger partial charge in [-0.05, 0) is 34.6 Å². The van der Waals surface area contributed by atoms with Crippen LogP contribution in [0.2, 0.25) is 0 Å². The molecule has 27 heavy (non-hydrogen) atoms. The van der Waals surface area contributed by atoms with E-state index in [2.05, 4.69) is 88.3 Å². The van der Waals surface area contributed by atoms with Crippen LogP contribution in [-0.4, -0.2) is 14.6 Å². The molecule has 5 aromatic rings. The van der Waals surface area contributed by atoms with Gasteiger partial charge in [0.05, 0.1) is 0 Å². The lowest BCUT2D eigenvalue weighted by atomic mass is 9.97. The Morgan fingerprint density at radius 2 is 1.48 bits per heavy atom. The molecule has 0 radical (unpaired) electrons. The molecule has 0 aliphatic heterocycles. The van der Waals surface area contributed by atoms with Crippen molar-refractivity contribution in [3.8, 4) is 22.5 Å². The Hall–Kier alpha value is -3.46. The van der Waals surface area contributed by atoms with Crippen molar-refractivity contribution in [1.82, 2.24) is 14.6 Å². The maximum atomic E-state index is 4.46. The third kappa shape index (κ3) is 2.59. The molecule has 0 aliphatic carbocycles. The second-order valence-corrected chi connectivity index (χ2v) is 6.71. The van der Waals surface area contributed by atoms with Gasteiger partial charge in [0.15, 0.2) is 11.5 Å². The average molecular weight is 349 g/mol. The van der Waals surface area contributed by atoms with Gasteiger partial charge in [0.2, 0.25) is 0 Å². The first kappa shape index (κ1) is 15.8. The summed E-state index contributed by atoms with van der Waals surface area (Å²) in [5.41, 5.74) is 5.85. The second kappa shape index (κ2) is 6.36. The van der Waals surface area contributed by atoms with Crippen LogP contribution in [0.3, 0.4) is 0 Å². The summed E-state index contributed by atoms with van der Waals surface area (Å²) in [6.07, 6.45) is 3.08. The lowest BCUT2D eigenvalue weighted by Crippen LogP contribution is -1.91. The molecular weight excluding hydrogens is 330 g/mol. The maximum absolute atomic E-state index is 4.46. The van der Waals surface area contributed by atoms with E-state index in [0.717, 1.165) is 28.8 Å². The molecule has 3 nitrogen and oxygen atoms in total. The van der Waals surface area contributed by atoms with Crippen molar-refractivity contribution in [3.63, 3.8) is 0 Å². The van der Waals surface area contributed by atoms with E-state index in [-0.39, 0.29) is 0 Å². The summed E-state index contributed by atoms with van der Waals surface area (Å²) in [5, 5.41) is 11.2. The zero-order valence-electron chi connectivity index (χ0n) is 15.1. The summed E-state index contributed by atoms with van der Waals surface area (Å²) in [6.45, 7) is 2.19. The predicted octanol–water partition coefficient (Wildman–Crippen LogP) is 5.78. The molecule has 3 aromatic carbocycles. The van der Waals surface area contributed by atoms with Crippen LogP contribution in [-0.2, 0) is 6.42 Å². The minimum atomic E-state index is 0.867. The van der Waals surface area contributed by atoms with Gasteiger partial charge in [-0.1, -0.05) is 79.7 Å². The highest BCUT2D eigenvalue weighted by atomic mass is 15.2. The number of nitrogens with zero attached hydrogens (tertiary/aromatic N) is 3. The summed E-state index contributed by atoms with van der Waals surface area (Å²) in [7, 11) is 0. The van der Waals surface area contributed by atoms with Crippen molar-refractivity contribution in [2.24, 2.45) is 0 Å². The number of pyridine rings is 1. The molecule has 2 heterocycles. The van der Waals surface area contributed by atoms with Crippen LogP contribution < -0.4 is 0 Å². The Morgan fingerprint density at radius 1 is 0.741 bits per heavy atom. The normalized spacial score (nSPS) is 11.3. The molecule has 0 unspecified atom stereocenters. The molecule has 0 spiro atoms. The molecule has 0 N–H and O–H groups in total. The molecule has 0 aliphatic rings. The Bertz CT molecular complexity index is 1250. The molecule has 0 atom stereocenters. The number of aryl methyl sites for hydroxylation is 1. The first-order chi connectivity index (χ1) is 13.3. The van der Waals surface area contributed by atoms with Crippen molar-refractivity contribution < 1.29 is 0 Å². The molecule has 0 fully saturated rings. The fourth-order valence-corrected chi connectivity index (χ4v) is 3.72. The van der Waals surface area contributed by atoms with Crippen molar-refractivity contribution in [3.05, 3.63) is 90.6 Å². The molecule has 0 saturated carbocycles. The van der Waals surface area contributed by atoms with Gasteiger partial charge >= 0.3 is 0 Å². The van der Waals surface area contributed by atoms with E-state index in [9.17, 15) is 0 Å². The van der Waals surface area contributed by atoms with Crippen molar-refractivity contribution >= 4 is 16.4 Å². The maximum Gasteiger partial charge on any atom is 0.168 e. The quantitative estimate of drug-likeness (QED) is 0.413. The molecule has 2 aromatic heterocycles. The van der Waals surface area contributed by atoms with E-state index in [4.69, 9.17) is 0 Å². The van der Waals surface area contributed by atoms with Gasteiger partial charge in [-0.15, -0.1) is 10.2 Å². The summed E-state index contributed by atoms with van der Waals surface area (Å²) in [5.74, 6) is 0.867. The Kier molecular flexibility index (Phi) is 3.72. The lowest BCUT2D eigenvalue weighted by molar-refractivity contribution is 1.11. The average Bonchev–Trinajstić information content (AvgIpc) is 3.18. The van der Waals surface area contributed by atoms with Crippen LogP contribution in [0.1, 0.15) is 12.5 Å². The monoisotopic (exact) mass is 349 g/mol. The van der Waals surface area contributed by atoms with Crippen molar-refractivity contribution in [2.75, 3.05) is 0 Å². The van der Waals surface area contributed by atoms with Crippen LogP contribution >= 0.6 is 0 Å². The third-order valence-corrected chi connectivity index (χ3v) is 5.15. The van der Waals surface area contributed by atoms with E-state index >= 15 is 0 Å². The first-order valence-electron chi connectivity index (χ1n) is 9.26. The molecule has 130 valence electrons. The van der Waals surface area contributed by atoms with Gasteiger partial charge in [-0.3, -0.25) is 4.40 Å². The zero-order valence-corrected chi connectivity index (χ0v) is 15.1. The van der Waals surface area contributed by atoms with Crippen molar-refractivity contribution in [1.29, 1.82) is 0 Å². The Balaban J connectivity index is 1.60. The second-order valence-electron chi connectivity index (χ2n) is 6.71. The minimum absolute atomic E-state index is 0.867. The van der Waals surface area contributed by atoms with Gasteiger partial charge < -0.3 is 0 Å². The molecule has 0 amide bonds. The van der Waals surface area contributed by atoms with Gasteiger partial charge in [-0.2, -0.15) is 0 Å². The highest BCUT2D eigenvalue weighted by molar-refractivity contribution is 5.94. The summed E-state index contributed by atoms with van der Waals surface area (Å²) in [4.78, 5) is 0. The van der Waals surface area contributed by atoms with E-state index in [1.54, 1.807) is 0 Å². The van der Waals surface area contributed by atoms with Crippen LogP contribution in [0.4, 0.5) is 0 Å². The summed E-state index contributed by atoms with van der Waals surface area (Å²) < 4.78 is 2.07. The lowest BCUT2D eigenvalue weighted by Gasteiger charge is -2.08. The SMILES string of the molecule is CCc1ccccc1-c1ccc(-c2nnc3c4ccccc4ccn23)cc1. The zero-order chi connectivity index (χ0) is 18.2. The molecular formula is C24H19N3. The van der Waals surface area contributed by atoms with E-state index in [1.807, 2.05) is 18.3 Å². The highest BCUT2D eigenvalue weighted by Gasteiger charge is 2.11. The highest BCUT2D eigenvalue weighted by Crippen LogP contribution is 2.28. The minimum Gasteiger partial charge on any atom is -0.282 e. The van der Waals surface area contributed by atoms with Crippen LogP contribution in [0, 0.1) is 0 Å². The molecule has 3 heteroatoms. The number of rotatable bonds is 3. The summed E-state index contributed by atoms with van der Waals surface area (Å²) in [6, 6.07) is 27.6. The van der Waals surface area contributed by atoms with Gasteiger partial charge in [-0.25, -0.2) is 0 Å². The fraction of sp³-hybridized carbons (Fsp3) is 0.0833. The number of benzene rings is 3. The first-order valence-corrected chi connectivity index (χ1v) is 9.26. The fourth-order valence-electron chi connectivity index (χ4n) is 3.72. The van der Waals surface area contributed by atoms with E-state index < -0.39 is 0 Å². The predicted molar refractivity (Wildman–Crippen MR) is 111 cm³/mol. The van der Waals surface area contributed by atoms with Crippen LogP contribution in [0.25, 0.3) is 38.9 Å². The number of fused-ring (bicyclic) bond motifs is 3. The van der Waals surface area contributed by atoms with Crippen LogP contribution in [0.15, 0.2) is 85.1 Å². The molecule has 0 bridgehead atoms. The number of hydrogen-bond donors (Lipinski definition) is 0. The summed E-state index contributed by atoms with van der Waals surface area (Å²) >= 11 is 0. The standard InChI is InChI=1S/C24H19N3/c1-2-17-7-3-5-9-21(17)19-11-13-20(14-12-19)23-25-26-24-22-10-6-4-8-18(22)15-16-27(23)24/h3-16H,2H2,1H3. The topological polar surface area (TPSA) is 30.2 Å². The third-order valence-electron chi connectivity index (χ3n) is 5.15. The smallest absolute Gasteiger partial charge is 0.168 e. The van der Waals surface area contributed by atoms with Gasteiger partial charge in [0, 0.05) is 17.1 Å². The Labute approximate surface area is 157 Å².